The van der Waals surface area contributed by atoms with Gasteiger partial charge in [-0.05, 0) is 38.0 Å². The number of nitriles is 1. The van der Waals surface area contributed by atoms with Gasteiger partial charge in [0.05, 0.1) is 5.56 Å². The average molecular weight is 317 g/mol. The van der Waals surface area contributed by atoms with Crippen LogP contribution in [0.3, 0.4) is 0 Å². The zero-order valence-corrected chi connectivity index (χ0v) is 12.9. The fraction of sp³-hybridized carbons (Fsp3) is 0.462. The Balaban J connectivity index is 3.24. The van der Waals surface area contributed by atoms with E-state index < -0.39 is 15.6 Å². The molecule has 0 aliphatic heterocycles. The predicted octanol–water partition coefficient (Wildman–Crippen LogP) is 2.04. The number of halogens is 1. The van der Waals surface area contributed by atoms with Gasteiger partial charge < -0.3 is 5.11 Å². The van der Waals surface area contributed by atoms with Gasteiger partial charge in [-0.3, -0.25) is 0 Å². The van der Waals surface area contributed by atoms with E-state index in [9.17, 15) is 8.42 Å². The van der Waals surface area contributed by atoms with Crippen molar-refractivity contribution in [3.05, 3.63) is 28.8 Å². The van der Waals surface area contributed by atoms with Crippen LogP contribution in [0.1, 0.15) is 32.3 Å². The lowest BCUT2D eigenvalue weighted by Gasteiger charge is -2.28. The summed E-state index contributed by atoms with van der Waals surface area (Å²) in [4.78, 5) is -0.148. The minimum atomic E-state index is -3.89. The number of nitrogens with one attached hydrogen (secondary N) is 1. The van der Waals surface area contributed by atoms with E-state index in [1.165, 1.54) is 18.2 Å². The molecule has 0 aromatic heterocycles. The van der Waals surface area contributed by atoms with Crippen molar-refractivity contribution in [2.24, 2.45) is 0 Å². The highest BCUT2D eigenvalue weighted by molar-refractivity contribution is 7.89. The first kappa shape index (κ1) is 16.9. The third kappa shape index (κ3) is 3.93. The van der Waals surface area contributed by atoms with E-state index in [0.717, 1.165) is 0 Å². The smallest absolute Gasteiger partial charge is 0.242 e. The van der Waals surface area contributed by atoms with Gasteiger partial charge in [0, 0.05) is 17.2 Å². The van der Waals surface area contributed by atoms with Gasteiger partial charge in [0.1, 0.15) is 11.0 Å². The fourth-order valence-corrected chi connectivity index (χ4v) is 3.66. The van der Waals surface area contributed by atoms with Gasteiger partial charge in [0.25, 0.3) is 0 Å². The average Bonchev–Trinajstić information content (AvgIpc) is 2.38. The molecule has 0 aliphatic carbocycles. The highest BCUT2D eigenvalue weighted by Gasteiger charge is 2.30. The summed E-state index contributed by atoms with van der Waals surface area (Å²) in [5, 5.41) is 18.3. The Hall–Kier alpha value is -1.13. The fourth-order valence-electron chi connectivity index (χ4n) is 1.74. The Labute approximate surface area is 124 Å². The second-order valence-corrected chi connectivity index (χ2v) is 6.83. The van der Waals surface area contributed by atoms with Gasteiger partial charge in [-0.15, -0.1) is 0 Å². The van der Waals surface area contributed by atoms with Gasteiger partial charge in [0.2, 0.25) is 10.0 Å². The van der Waals surface area contributed by atoms with Gasteiger partial charge in [0.15, 0.2) is 0 Å². The number of aliphatic hydroxyl groups excluding tert-OH is 1. The molecule has 1 rings (SSSR count). The Morgan fingerprint density at radius 3 is 2.65 bits per heavy atom. The van der Waals surface area contributed by atoms with Crippen molar-refractivity contribution >= 4 is 21.6 Å². The molecule has 0 saturated carbocycles. The highest BCUT2D eigenvalue weighted by Crippen LogP contribution is 2.23. The minimum Gasteiger partial charge on any atom is -0.396 e. The van der Waals surface area contributed by atoms with Crippen LogP contribution >= 0.6 is 11.6 Å². The zero-order chi connectivity index (χ0) is 15.4. The molecule has 7 heteroatoms. The zero-order valence-electron chi connectivity index (χ0n) is 11.4. The van der Waals surface area contributed by atoms with Crippen LogP contribution in [-0.2, 0) is 10.0 Å². The van der Waals surface area contributed by atoms with Crippen LogP contribution in [0, 0.1) is 11.3 Å². The second-order valence-electron chi connectivity index (χ2n) is 4.75. The predicted molar refractivity (Wildman–Crippen MR) is 76.9 cm³/mol. The van der Waals surface area contributed by atoms with Crippen molar-refractivity contribution in [2.45, 2.75) is 37.1 Å². The first-order chi connectivity index (χ1) is 9.28. The number of hydrogen-bond donors (Lipinski definition) is 2. The molecule has 0 radical (unpaired) electrons. The van der Waals surface area contributed by atoms with Gasteiger partial charge in [-0.2, -0.15) is 5.26 Å². The normalized spacial score (nSPS) is 14.6. The van der Waals surface area contributed by atoms with Crippen LogP contribution in [0.2, 0.25) is 5.02 Å². The van der Waals surface area contributed by atoms with Crippen LogP contribution < -0.4 is 4.72 Å². The molecule has 2 N–H and O–H groups in total. The maximum Gasteiger partial charge on any atom is 0.242 e. The third-order valence-corrected chi connectivity index (χ3v) is 5.09. The molecule has 5 nitrogen and oxygen atoms in total. The molecule has 1 aromatic rings. The van der Waals surface area contributed by atoms with Crippen molar-refractivity contribution in [1.82, 2.24) is 4.72 Å². The molecule has 0 aliphatic rings. The van der Waals surface area contributed by atoms with Crippen molar-refractivity contribution in [1.29, 1.82) is 5.26 Å². The van der Waals surface area contributed by atoms with E-state index >= 15 is 0 Å². The lowest BCUT2D eigenvalue weighted by molar-refractivity contribution is 0.233. The van der Waals surface area contributed by atoms with Gasteiger partial charge in [-0.25, -0.2) is 13.1 Å². The van der Waals surface area contributed by atoms with E-state index in [2.05, 4.69) is 4.72 Å². The molecule has 110 valence electrons. The van der Waals surface area contributed by atoms with Crippen molar-refractivity contribution < 1.29 is 13.5 Å². The highest BCUT2D eigenvalue weighted by atomic mass is 35.5. The first-order valence-electron chi connectivity index (χ1n) is 6.12. The molecule has 0 heterocycles. The minimum absolute atomic E-state index is 0.0318. The molecule has 0 fully saturated rings. The first-order valence-corrected chi connectivity index (χ1v) is 7.98. The number of benzene rings is 1. The molecular weight excluding hydrogens is 300 g/mol. The van der Waals surface area contributed by atoms with E-state index in [1.807, 2.05) is 13.0 Å². The Morgan fingerprint density at radius 2 is 2.15 bits per heavy atom. The standard InChI is InChI=1S/C13H17ClN2O3S/c1-3-13(2,6-7-17)16-20(18,19)12-8-11(14)5-4-10(12)9-15/h4-5,8,16-17H,3,6-7H2,1-2H3. The molecule has 0 bridgehead atoms. The summed E-state index contributed by atoms with van der Waals surface area (Å²) in [5.41, 5.74) is -0.743. The van der Waals surface area contributed by atoms with Crippen LogP contribution in [0.5, 0.6) is 0 Å². The summed E-state index contributed by atoms with van der Waals surface area (Å²) in [6.07, 6.45) is 0.792. The molecule has 1 aromatic carbocycles. The number of nitrogens with zero attached hydrogens (tertiary/aromatic N) is 1. The lowest BCUT2D eigenvalue weighted by atomic mass is 9.97. The molecule has 1 atom stereocenters. The maximum atomic E-state index is 12.4. The monoisotopic (exact) mass is 316 g/mol. The lowest BCUT2D eigenvalue weighted by Crippen LogP contribution is -2.46. The topological polar surface area (TPSA) is 90.2 Å². The van der Waals surface area contributed by atoms with Gasteiger partial charge in [-0.1, -0.05) is 18.5 Å². The molecule has 20 heavy (non-hydrogen) atoms. The summed E-state index contributed by atoms with van der Waals surface area (Å²) >= 11 is 5.80. The summed E-state index contributed by atoms with van der Waals surface area (Å²) in [6.45, 7) is 3.40. The Kier molecular flexibility index (Phi) is 5.54. The number of sulfonamides is 1. The number of rotatable bonds is 6. The molecule has 1 unspecified atom stereocenters. The van der Waals surface area contributed by atoms with E-state index in [-0.39, 0.29) is 28.5 Å². The van der Waals surface area contributed by atoms with Crippen LogP contribution in [0.15, 0.2) is 23.1 Å². The second kappa shape index (κ2) is 6.55. The summed E-state index contributed by atoms with van der Waals surface area (Å²) < 4.78 is 27.4. The van der Waals surface area contributed by atoms with Crippen molar-refractivity contribution in [3.63, 3.8) is 0 Å². The maximum absolute atomic E-state index is 12.4. The van der Waals surface area contributed by atoms with E-state index in [4.69, 9.17) is 22.0 Å². The summed E-state index contributed by atoms with van der Waals surface area (Å²) in [7, 11) is -3.89. The third-order valence-electron chi connectivity index (χ3n) is 3.18. The van der Waals surface area contributed by atoms with Crippen molar-refractivity contribution in [2.75, 3.05) is 6.61 Å². The summed E-state index contributed by atoms with van der Waals surface area (Å²) in [6, 6.07) is 5.92. The summed E-state index contributed by atoms with van der Waals surface area (Å²) in [5.74, 6) is 0. The Bertz CT molecular complexity index is 625. The Morgan fingerprint density at radius 1 is 1.50 bits per heavy atom. The van der Waals surface area contributed by atoms with Gasteiger partial charge >= 0.3 is 0 Å². The molecule has 0 amide bonds. The van der Waals surface area contributed by atoms with E-state index in [1.54, 1.807) is 6.92 Å². The quantitative estimate of drug-likeness (QED) is 0.840. The molecule has 0 spiro atoms. The molecular formula is C13H17ClN2O3S. The van der Waals surface area contributed by atoms with Crippen LogP contribution in [0.4, 0.5) is 0 Å². The van der Waals surface area contributed by atoms with Crippen LogP contribution in [-0.4, -0.2) is 25.7 Å². The number of aliphatic hydroxyl groups is 1. The van der Waals surface area contributed by atoms with Crippen LogP contribution in [0.25, 0.3) is 0 Å². The largest absolute Gasteiger partial charge is 0.396 e. The molecule has 0 saturated heterocycles. The SMILES string of the molecule is CCC(C)(CCO)NS(=O)(=O)c1cc(Cl)ccc1C#N. The van der Waals surface area contributed by atoms with Crippen molar-refractivity contribution in [3.8, 4) is 6.07 Å². The van der Waals surface area contributed by atoms with E-state index in [0.29, 0.717) is 6.42 Å². The number of hydrogen-bond acceptors (Lipinski definition) is 4.